The van der Waals surface area contributed by atoms with Gasteiger partial charge in [0.15, 0.2) is 0 Å². The van der Waals surface area contributed by atoms with Crippen LogP contribution in [0.15, 0.2) is 40.3 Å². The van der Waals surface area contributed by atoms with E-state index in [1.54, 1.807) is 18.5 Å². The van der Waals surface area contributed by atoms with Crippen LogP contribution in [-0.2, 0) is 6.42 Å². The van der Waals surface area contributed by atoms with E-state index in [4.69, 9.17) is 0 Å². The molecular weight excluding hydrogens is 220 g/mol. The van der Waals surface area contributed by atoms with Crippen LogP contribution in [0.25, 0.3) is 5.52 Å². The van der Waals surface area contributed by atoms with E-state index >= 15 is 0 Å². The zero-order chi connectivity index (χ0) is 11.8. The number of aromatic amines is 3. The molecule has 0 aliphatic heterocycles. The van der Waals surface area contributed by atoms with Crippen LogP contribution in [0.1, 0.15) is 11.4 Å². The third-order valence-corrected chi connectivity index (χ3v) is 2.68. The molecule has 0 fully saturated rings. The van der Waals surface area contributed by atoms with Crippen LogP contribution in [0.5, 0.6) is 0 Å². The van der Waals surface area contributed by atoms with Gasteiger partial charge in [0.1, 0.15) is 5.52 Å². The normalized spacial score (nSPS) is 11.1. The summed E-state index contributed by atoms with van der Waals surface area (Å²) in [7, 11) is 0. The predicted molar refractivity (Wildman–Crippen MR) is 62.2 cm³/mol. The van der Waals surface area contributed by atoms with Crippen molar-refractivity contribution in [1.82, 2.24) is 19.4 Å². The van der Waals surface area contributed by atoms with Gasteiger partial charge in [-0.25, -0.2) is 4.79 Å². The van der Waals surface area contributed by atoms with Gasteiger partial charge in [0.05, 0.1) is 0 Å². The molecule has 0 saturated carbocycles. The quantitative estimate of drug-likeness (QED) is 0.588. The lowest BCUT2D eigenvalue weighted by Crippen LogP contribution is -2.12. The van der Waals surface area contributed by atoms with Gasteiger partial charge in [0.2, 0.25) is 0 Å². The van der Waals surface area contributed by atoms with E-state index in [0.717, 1.165) is 11.4 Å². The number of hydrogen-bond acceptors (Lipinski definition) is 2. The predicted octanol–water partition coefficient (Wildman–Crippen LogP) is 0.235. The van der Waals surface area contributed by atoms with Crippen molar-refractivity contribution >= 4 is 5.52 Å². The molecule has 0 amide bonds. The molecular formula is C11H10N4O2. The molecule has 3 aromatic heterocycles. The highest BCUT2D eigenvalue weighted by Gasteiger charge is 2.05. The molecule has 6 heteroatoms. The Morgan fingerprint density at radius 2 is 2.06 bits per heavy atom. The van der Waals surface area contributed by atoms with Gasteiger partial charge in [-0.15, -0.1) is 0 Å². The second kappa shape index (κ2) is 3.51. The summed E-state index contributed by atoms with van der Waals surface area (Å²) in [6.07, 6.45) is 5.65. The minimum atomic E-state index is -0.229. The van der Waals surface area contributed by atoms with Crippen LogP contribution < -0.4 is 11.2 Å². The number of nitrogens with one attached hydrogen (secondary N) is 3. The molecule has 6 nitrogen and oxygen atoms in total. The molecule has 0 radical (unpaired) electrons. The number of fused-ring (bicyclic) bond motifs is 1. The summed E-state index contributed by atoms with van der Waals surface area (Å²) >= 11 is 0. The molecule has 0 saturated heterocycles. The molecule has 0 spiro atoms. The highest BCUT2D eigenvalue weighted by Crippen LogP contribution is 2.07. The first kappa shape index (κ1) is 9.71. The summed E-state index contributed by atoms with van der Waals surface area (Å²) in [5, 5.41) is 0. The van der Waals surface area contributed by atoms with Crippen LogP contribution >= 0.6 is 0 Å². The number of H-pyrrole nitrogens is 3. The van der Waals surface area contributed by atoms with Gasteiger partial charge in [-0.2, -0.15) is 0 Å². The summed E-state index contributed by atoms with van der Waals surface area (Å²) in [6, 6.07) is 3.57. The van der Waals surface area contributed by atoms with E-state index in [1.807, 2.05) is 16.7 Å². The van der Waals surface area contributed by atoms with Crippen LogP contribution in [0.2, 0.25) is 0 Å². The Balaban J connectivity index is 2.12. The van der Waals surface area contributed by atoms with Crippen molar-refractivity contribution in [1.29, 1.82) is 0 Å². The summed E-state index contributed by atoms with van der Waals surface area (Å²) in [6.45, 7) is 0. The molecule has 0 aliphatic carbocycles. The van der Waals surface area contributed by atoms with E-state index in [9.17, 15) is 9.59 Å². The monoisotopic (exact) mass is 230 g/mol. The summed E-state index contributed by atoms with van der Waals surface area (Å²) in [5.74, 6) is 0. The molecule has 86 valence electrons. The van der Waals surface area contributed by atoms with Crippen molar-refractivity contribution in [2.75, 3.05) is 0 Å². The SMILES string of the molecule is O=c1[nH]cc(Cc2c[nH]c(=O)c3cccn23)[nH]1. The second-order valence-corrected chi connectivity index (χ2v) is 3.82. The molecule has 3 N–H and O–H groups in total. The smallest absolute Gasteiger partial charge is 0.323 e. The van der Waals surface area contributed by atoms with Crippen LogP contribution in [-0.4, -0.2) is 19.4 Å². The number of aromatic nitrogens is 4. The minimum Gasteiger partial charge on any atom is -0.326 e. The number of nitrogens with zero attached hydrogens (tertiary/aromatic N) is 1. The Morgan fingerprint density at radius 1 is 1.18 bits per heavy atom. The second-order valence-electron chi connectivity index (χ2n) is 3.82. The Kier molecular flexibility index (Phi) is 2.01. The molecule has 0 atom stereocenters. The van der Waals surface area contributed by atoms with E-state index in [-0.39, 0.29) is 11.2 Å². The maximum Gasteiger partial charge on any atom is 0.323 e. The van der Waals surface area contributed by atoms with Crippen LogP contribution in [0, 0.1) is 0 Å². The first-order chi connectivity index (χ1) is 8.24. The van der Waals surface area contributed by atoms with Gasteiger partial charge in [-0.1, -0.05) is 0 Å². The number of rotatable bonds is 2. The first-order valence-corrected chi connectivity index (χ1v) is 5.18. The molecule has 3 rings (SSSR count). The van der Waals surface area contributed by atoms with Gasteiger partial charge in [0.25, 0.3) is 5.56 Å². The largest absolute Gasteiger partial charge is 0.326 e. The Morgan fingerprint density at radius 3 is 2.82 bits per heavy atom. The molecule has 3 aromatic rings. The lowest BCUT2D eigenvalue weighted by atomic mass is 10.2. The van der Waals surface area contributed by atoms with Gasteiger partial charge in [-0.05, 0) is 12.1 Å². The lowest BCUT2D eigenvalue weighted by molar-refractivity contribution is 0.946. The summed E-state index contributed by atoms with van der Waals surface area (Å²) in [5.41, 5.74) is 1.92. The van der Waals surface area contributed by atoms with Crippen molar-refractivity contribution in [3.05, 3.63) is 62.9 Å². The Bertz CT molecular complexity index is 774. The van der Waals surface area contributed by atoms with E-state index in [1.165, 1.54) is 0 Å². The van der Waals surface area contributed by atoms with Gasteiger partial charge >= 0.3 is 5.69 Å². The molecule has 0 aromatic carbocycles. The average Bonchev–Trinajstić information content (AvgIpc) is 2.92. The molecule has 0 aliphatic rings. The number of imidazole rings is 1. The average molecular weight is 230 g/mol. The molecule has 3 heterocycles. The maximum atomic E-state index is 11.5. The van der Waals surface area contributed by atoms with E-state index in [2.05, 4.69) is 15.0 Å². The number of hydrogen-bond donors (Lipinski definition) is 3. The van der Waals surface area contributed by atoms with Crippen LogP contribution in [0.3, 0.4) is 0 Å². The van der Waals surface area contributed by atoms with Crippen molar-refractivity contribution in [2.45, 2.75) is 6.42 Å². The Labute approximate surface area is 94.9 Å². The van der Waals surface area contributed by atoms with Crippen LogP contribution in [0.4, 0.5) is 0 Å². The fourth-order valence-electron chi connectivity index (χ4n) is 1.91. The highest BCUT2D eigenvalue weighted by molar-refractivity contribution is 5.46. The van der Waals surface area contributed by atoms with Crippen molar-refractivity contribution in [2.24, 2.45) is 0 Å². The Hall–Kier alpha value is -2.50. The summed E-state index contributed by atoms with van der Waals surface area (Å²) < 4.78 is 1.81. The van der Waals surface area contributed by atoms with E-state index in [0.29, 0.717) is 11.9 Å². The van der Waals surface area contributed by atoms with Crippen molar-refractivity contribution in [3.8, 4) is 0 Å². The highest BCUT2D eigenvalue weighted by atomic mass is 16.1. The topological polar surface area (TPSA) is 85.9 Å². The molecule has 0 bridgehead atoms. The molecule has 17 heavy (non-hydrogen) atoms. The zero-order valence-electron chi connectivity index (χ0n) is 8.86. The van der Waals surface area contributed by atoms with Crippen molar-refractivity contribution < 1.29 is 0 Å². The first-order valence-electron chi connectivity index (χ1n) is 5.18. The zero-order valence-corrected chi connectivity index (χ0v) is 8.86. The third-order valence-electron chi connectivity index (χ3n) is 2.68. The summed E-state index contributed by atoms with van der Waals surface area (Å²) in [4.78, 5) is 30.4. The third kappa shape index (κ3) is 1.59. The van der Waals surface area contributed by atoms with Gasteiger partial charge < -0.3 is 19.4 Å². The lowest BCUT2D eigenvalue weighted by Gasteiger charge is -2.03. The fraction of sp³-hybridized carbons (Fsp3) is 0.0909. The fourth-order valence-corrected chi connectivity index (χ4v) is 1.91. The maximum absolute atomic E-state index is 11.5. The molecule has 0 unspecified atom stereocenters. The van der Waals surface area contributed by atoms with Gasteiger partial charge in [-0.3, -0.25) is 4.79 Å². The minimum absolute atomic E-state index is 0.124. The van der Waals surface area contributed by atoms with Gasteiger partial charge in [0, 0.05) is 36.4 Å². The standard InChI is InChI=1S/C11H10N4O2/c16-10-9-2-1-3-15(9)8(6-12-10)4-7-5-13-11(17)14-7/h1-3,5-6H,4H2,(H,12,16)(H2,13,14,17). The van der Waals surface area contributed by atoms with Crippen molar-refractivity contribution in [3.63, 3.8) is 0 Å². The van der Waals surface area contributed by atoms with E-state index < -0.39 is 0 Å².